The van der Waals surface area contributed by atoms with Gasteiger partial charge in [-0.3, -0.25) is 9.78 Å². The molecule has 1 aliphatic rings. The molecule has 9 heteroatoms. The van der Waals surface area contributed by atoms with Gasteiger partial charge in [0.25, 0.3) is 5.91 Å². The summed E-state index contributed by atoms with van der Waals surface area (Å²) in [6.07, 6.45) is 1.76. The van der Waals surface area contributed by atoms with Gasteiger partial charge in [-0.1, -0.05) is 0 Å². The van der Waals surface area contributed by atoms with Gasteiger partial charge in [0.1, 0.15) is 0 Å². The molecule has 2 heterocycles. The molecule has 3 rings (SSSR count). The predicted molar refractivity (Wildman–Crippen MR) is 83.8 cm³/mol. The largest absolute Gasteiger partial charge is 0.417 e. The van der Waals surface area contributed by atoms with Crippen LogP contribution in [0.15, 0.2) is 27.4 Å². The highest BCUT2D eigenvalue weighted by molar-refractivity contribution is 7.88. The van der Waals surface area contributed by atoms with Crippen molar-refractivity contribution in [1.29, 1.82) is 0 Å². The molecule has 1 aromatic heterocycles. The van der Waals surface area contributed by atoms with E-state index < -0.39 is 15.8 Å². The number of sulfonamides is 1. The maximum absolute atomic E-state index is 12.6. The lowest BCUT2D eigenvalue weighted by atomic mass is 10.1. The van der Waals surface area contributed by atoms with Gasteiger partial charge in [0.2, 0.25) is 10.0 Å². The van der Waals surface area contributed by atoms with Crippen molar-refractivity contribution in [3.63, 3.8) is 0 Å². The van der Waals surface area contributed by atoms with Crippen LogP contribution in [0.25, 0.3) is 11.1 Å². The minimum Gasteiger partial charge on any atom is -0.408 e. The summed E-state index contributed by atoms with van der Waals surface area (Å²) in [5.41, 5.74) is 1.27. The SMILES string of the molecule is CS(=O)(=O)N1CCCN(C(=O)c2ccc3[nH]c(=O)oc3c2)CC1. The molecule has 23 heavy (non-hydrogen) atoms. The van der Waals surface area contributed by atoms with Crippen molar-refractivity contribution in [2.24, 2.45) is 0 Å². The highest BCUT2D eigenvalue weighted by Crippen LogP contribution is 2.16. The second-order valence-electron chi connectivity index (χ2n) is 5.53. The highest BCUT2D eigenvalue weighted by Gasteiger charge is 2.24. The average Bonchev–Trinajstić information content (AvgIpc) is 2.70. The number of benzene rings is 1. The van der Waals surface area contributed by atoms with Crippen LogP contribution in [0, 0.1) is 0 Å². The molecule has 0 aliphatic carbocycles. The van der Waals surface area contributed by atoms with Crippen LogP contribution in [0.3, 0.4) is 0 Å². The fourth-order valence-electron chi connectivity index (χ4n) is 2.69. The number of hydrogen-bond donors (Lipinski definition) is 1. The van der Waals surface area contributed by atoms with E-state index in [0.717, 1.165) is 0 Å². The maximum Gasteiger partial charge on any atom is 0.417 e. The first kappa shape index (κ1) is 15.8. The number of amides is 1. The molecule has 1 amide bonds. The Labute approximate surface area is 132 Å². The molecule has 0 saturated carbocycles. The number of rotatable bonds is 2. The van der Waals surface area contributed by atoms with Crippen molar-refractivity contribution in [1.82, 2.24) is 14.2 Å². The van der Waals surface area contributed by atoms with Gasteiger partial charge < -0.3 is 9.32 Å². The van der Waals surface area contributed by atoms with E-state index in [1.807, 2.05) is 0 Å². The number of carbonyl (C=O) groups excluding carboxylic acids is 1. The Bertz CT molecular complexity index is 899. The lowest BCUT2D eigenvalue weighted by Crippen LogP contribution is -2.36. The second-order valence-corrected chi connectivity index (χ2v) is 7.52. The van der Waals surface area contributed by atoms with Gasteiger partial charge >= 0.3 is 5.76 Å². The molecule has 1 N–H and O–H groups in total. The first-order valence-electron chi connectivity index (χ1n) is 7.22. The molecular formula is C14H17N3O5S. The first-order chi connectivity index (χ1) is 10.8. The van der Waals surface area contributed by atoms with E-state index >= 15 is 0 Å². The predicted octanol–water partition coefficient (Wildman–Crippen LogP) is 0.229. The molecule has 0 unspecified atom stereocenters. The number of oxazole rings is 1. The van der Waals surface area contributed by atoms with E-state index in [-0.39, 0.29) is 12.5 Å². The third-order valence-electron chi connectivity index (χ3n) is 3.88. The zero-order chi connectivity index (χ0) is 16.6. The van der Waals surface area contributed by atoms with Crippen LogP contribution in [0.2, 0.25) is 0 Å². The molecule has 1 saturated heterocycles. The topological polar surface area (TPSA) is 104 Å². The Morgan fingerprint density at radius 3 is 2.74 bits per heavy atom. The summed E-state index contributed by atoms with van der Waals surface area (Å²) in [5, 5.41) is 0. The number of nitrogens with zero attached hydrogens (tertiary/aromatic N) is 2. The monoisotopic (exact) mass is 339 g/mol. The zero-order valence-corrected chi connectivity index (χ0v) is 13.4. The third kappa shape index (κ3) is 3.30. The summed E-state index contributed by atoms with van der Waals surface area (Å²) in [6, 6.07) is 4.76. The Hall–Kier alpha value is -2.13. The van der Waals surface area contributed by atoms with Crippen molar-refractivity contribution in [2.45, 2.75) is 6.42 Å². The van der Waals surface area contributed by atoms with Crippen LogP contribution in [0.1, 0.15) is 16.8 Å². The van der Waals surface area contributed by atoms with E-state index in [1.54, 1.807) is 17.0 Å². The Morgan fingerprint density at radius 2 is 2.00 bits per heavy atom. The van der Waals surface area contributed by atoms with Gasteiger partial charge in [-0.05, 0) is 24.6 Å². The molecule has 2 aromatic rings. The Balaban J connectivity index is 1.80. The quantitative estimate of drug-likeness (QED) is 0.843. The number of nitrogens with one attached hydrogen (secondary N) is 1. The summed E-state index contributed by atoms with van der Waals surface area (Å²) in [6.45, 7) is 1.52. The van der Waals surface area contributed by atoms with Gasteiger partial charge in [-0.25, -0.2) is 17.5 Å². The standard InChI is InChI=1S/C14H17N3O5S/c1-23(20,21)17-6-2-5-16(7-8-17)13(18)10-3-4-11-12(9-10)22-14(19)15-11/h3-4,9H,2,5-8H2,1H3,(H,15,19). The van der Waals surface area contributed by atoms with Crippen molar-refractivity contribution in [2.75, 3.05) is 32.4 Å². The molecule has 1 fully saturated rings. The molecule has 0 radical (unpaired) electrons. The van der Waals surface area contributed by atoms with Gasteiger partial charge in [0.05, 0.1) is 11.8 Å². The number of aromatic nitrogens is 1. The van der Waals surface area contributed by atoms with Gasteiger partial charge in [0, 0.05) is 31.7 Å². The zero-order valence-electron chi connectivity index (χ0n) is 12.6. The molecule has 0 bridgehead atoms. The Morgan fingerprint density at radius 1 is 1.22 bits per heavy atom. The number of carbonyl (C=O) groups is 1. The normalized spacial score (nSPS) is 17.3. The average molecular weight is 339 g/mol. The summed E-state index contributed by atoms with van der Waals surface area (Å²) in [5.74, 6) is -0.769. The van der Waals surface area contributed by atoms with E-state index in [4.69, 9.17) is 4.42 Å². The fourth-order valence-corrected chi connectivity index (χ4v) is 3.56. The molecule has 124 valence electrons. The van der Waals surface area contributed by atoms with Gasteiger partial charge in [0.15, 0.2) is 5.58 Å². The van der Waals surface area contributed by atoms with Crippen LogP contribution < -0.4 is 5.76 Å². The van der Waals surface area contributed by atoms with E-state index in [2.05, 4.69) is 4.98 Å². The van der Waals surface area contributed by atoms with Crippen LogP contribution in [0.5, 0.6) is 0 Å². The van der Waals surface area contributed by atoms with E-state index in [0.29, 0.717) is 42.7 Å². The minimum absolute atomic E-state index is 0.203. The van der Waals surface area contributed by atoms with E-state index in [1.165, 1.54) is 16.6 Å². The first-order valence-corrected chi connectivity index (χ1v) is 9.07. The summed E-state index contributed by atoms with van der Waals surface area (Å²) < 4.78 is 29.6. The Kier molecular flexibility index (Phi) is 3.99. The maximum atomic E-state index is 12.6. The highest BCUT2D eigenvalue weighted by atomic mass is 32.2. The number of aromatic amines is 1. The van der Waals surface area contributed by atoms with Gasteiger partial charge in [-0.2, -0.15) is 0 Å². The molecule has 1 aromatic carbocycles. The summed E-state index contributed by atoms with van der Waals surface area (Å²) in [4.78, 5) is 27.9. The molecule has 0 atom stereocenters. The minimum atomic E-state index is -3.25. The summed E-state index contributed by atoms with van der Waals surface area (Å²) in [7, 11) is -3.25. The lowest BCUT2D eigenvalue weighted by Gasteiger charge is -2.21. The number of H-pyrrole nitrogens is 1. The number of hydrogen-bond acceptors (Lipinski definition) is 5. The van der Waals surface area contributed by atoms with Crippen LogP contribution >= 0.6 is 0 Å². The summed E-state index contributed by atoms with van der Waals surface area (Å²) >= 11 is 0. The second kappa shape index (κ2) is 5.82. The van der Waals surface area contributed by atoms with Crippen molar-refractivity contribution in [3.05, 3.63) is 34.3 Å². The number of fused-ring (bicyclic) bond motifs is 1. The van der Waals surface area contributed by atoms with Gasteiger partial charge in [-0.15, -0.1) is 0 Å². The lowest BCUT2D eigenvalue weighted by molar-refractivity contribution is 0.0764. The van der Waals surface area contributed by atoms with E-state index in [9.17, 15) is 18.0 Å². The van der Waals surface area contributed by atoms with Crippen LogP contribution in [0.4, 0.5) is 0 Å². The van der Waals surface area contributed by atoms with Crippen molar-refractivity contribution >= 4 is 27.0 Å². The fraction of sp³-hybridized carbons (Fsp3) is 0.429. The molecule has 8 nitrogen and oxygen atoms in total. The molecule has 0 spiro atoms. The molecular weight excluding hydrogens is 322 g/mol. The molecule has 1 aliphatic heterocycles. The van der Waals surface area contributed by atoms with Crippen molar-refractivity contribution < 1.29 is 17.6 Å². The van der Waals surface area contributed by atoms with Crippen LogP contribution in [-0.4, -0.2) is 60.9 Å². The smallest absolute Gasteiger partial charge is 0.408 e. The van der Waals surface area contributed by atoms with Crippen LogP contribution in [-0.2, 0) is 10.0 Å². The van der Waals surface area contributed by atoms with Crippen molar-refractivity contribution in [3.8, 4) is 0 Å². The third-order valence-corrected chi connectivity index (χ3v) is 5.18.